The van der Waals surface area contributed by atoms with Crippen LogP contribution in [0.2, 0.25) is 0 Å². The van der Waals surface area contributed by atoms with E-state index in [1.54, 1.807) is 12.1 Å². The lowest BCUT2D eigenvalue weighted by Crippen LogP contribution is -2.38. The number of ether oxygens (including phenoxy) is 1. The van der Waals surface area contributed by atoms with Gasteiger partial charge in [0.15, 0.2) is 0 Å². The Bertz CT molecular complexity index is 477. The molecule has 108 valence electrons. The predicted molar refractivity (Wildman–Crippen MR) is 71.9 cm³/mol. The molecule has 1 fully saturated rings. The van der Waals surface area contributed by atoms with Crippen LogP contribution in [0.3, 0.4) is 0 Å². The highest BCUT2D eigenvalue weighted by molar-refractivity contribution is 5.94. The van der Waals surface area contributed by atoms with E-state index in [9.17, 15) is 14.7 Å². The molecule has 20 heavy (non-hydrogen) atoms. The molecule has 0 aromatic heterocycles. The lowest BCUT2D eigenvalue weighted by molar-refractivity contribution is -0.307. The molecule has 1 amide bonds. The van der Waals surface area contributed by atoms with Crippen molar-refractivity contribution in [3.63, 3.8) is 0 Å². The molecule has 0 saturated carbocycles. The molecule has 1 aliphatic heterocycles. The number of benzene rings is 1. The van der Waals surface area contributed by atoms with Crippen molar-refractivity contribution in [2.75, 3.05) is 11.9 Å². The normalized spacial score (nSPS) is 19.6. The van der Waals surface area contributed by atoms with E-state index < -0.39 is 11.9 Å². The number of rotatable bonds is 5. The summed E-state index contributed by atoms with van der Waals surface area (Å²) in [6.45, 7) is 2.53. The lowest BCUT2D eigenvalue weighted by atomic mass is 9.95. The highest BCUT2D eigenvalue weighted by Gasteiger charge is 2.31. The van der Waals surface area contributed by atoms with Gasteiger partial charge in [-0.2, -0.15) is 0 Å². The summed E-state index contributed by atoms with van der Waals surface area (Å²) < 4.78 is 5.44. The Labute approximate surface area is 117 Å². The van der Waals surface area contributed by atoms with Crippen molar-refractivity contribution in [3.05, 3.63) is 29.8 Å². The molecular weight excluding hydrogens is 258 g/mol. The van der Waals surface area contributed by atoms with E-state index in [-0.39, 0.29) is 18.4 Å². The van der Waals surface area contributed by atoms with Gasteiger partial charge in [0, 0.05) is 24.7 Å². The zero-order chi connectivity index (χ0) is 14.5. The van der Waals surface area contributed by atoms with Crippen molar-refractivity contribution >= 4 is 17.6 Å². The second-order valence-corrected chi connectivity index (χ2v) is 5.09. The fraction of sp³-hybridized carbons (Fsp3) is 0.467. The molecule has 1 N–H and O–H groups in total. The molecule has 0 radical (unpaired) electrons. The third-order valence-corrected chi connectivity index (χ3v) is 3.46. The van der Waals surface area contributed by atoms with Gasteiger partial charge in [-0.05, 0) is 31.9 Å². The van der Waals surface area contributed by atoms with Crippen molar-refractivity contribution < 1.29 is 19.4 Å². The molecule has 2 atom stereocenters. The first kappa shape index (κ1) is 14.5. The van der Waals surface area contributed by atoms with Crippen molar-refractivity contribution in [1.29, 1.82) is 0 Å². The summed E-state index contributed by atoms with van der Waals surface area (Å²) in [4.78, 5) is 23.1. The van der Waals surface area contributed by atoms with Gasteiger partial charge in [-0.25, -0.2) is 0 Å². The molecule has 1 aliphatic rings. The monoisotopic (exact) mass is 276 g/mol. The summed E-state index contributed by atoms with van der Waals surface area (Å²) in [5.41, 5.74) is 1.75. The Kier molecular flexibility index (Phi) is 4.74. The molecule has 0 spiro atoms. The summed E-state index contributed by atoms with van der Waals surface area (Å²) in [7, 11) is 0. The van der Waals surface area contributed by atoms with E-state index in [0.29, 0.717) is 18.7 Å². The van der Waals surface area contributed by atoms with Gasteiger partial charge in [0.05, 0.1) is 12.0 Å². The van der Waals surface area contributed by atoms with Crippen LogP contribution >= 0.6 is 0 Å². The van der Waals surface area contributed by atoms with E-state index in [1.807, 2.05) is 19.1 Å². The Morgan fingerprint density at radius 1 is 1.40 bits per heavy atom. The summed E-state index contributed by atoms with van der Waals surface area (Å²) in [6.07, 6.45) is 0.909. The second-order valence-electron chi connectivity index (χ2n) is 5.09. The van der Waals surface area contributed by atoms with Crippen LogP contribution in [0.25, 0.3) is 0 Å². The number of aryl methyl sites for hydroxylation is 1. The summed E-state index contributed by atoms with van der Waals surface area (Å²) in [6, 6.07) is 7.35. The zero-order valence-corrected chi connectivity index (χ0v) is 11.4. The lowest BCUT2D eigenvalue weighted by Gasteiger charge is -2.22. The number of carboxylic acid groups (broad SMARTS) is 1. The number of aliphatic carboxylic acids is 1. The Balaban J connectivity index is 2.05. The molecule has 5 heteroatoms. The summed E-state index contributed by atoms with van der Waals surface area (Å²) >= 11 is 0. The van der Waals surface area contributed by atoms with E-state index in [1.165, 1.54) is 0 Å². The highest BCUT2D eigenvalue weighted by atomic mass is 16.5. The molecule has 1 heterocycles. The average molecular weight is 276 g/mol. The molecule has 0 unspecified atom stereocenters. The van der Waals surface area contributed by atoms with Gasteiger partial charge in [-0.1, -0.05) is 17.7 Å². The first-order valence-corrected chi connectivity index (χ1v) is 6.75. The van der Waals surface area contributed by atoms with Gasteiger partial charge in [-0.3, -0.25) is 4.79 Å². The topological polar surface area (TPSA) is 78.5 Å². The van der Waals surface area contributed by atoms with Crippen LogP contribution in [0.5, 0.6) is 0 Å². The molecule has 0 aliphatic carbocycles. The van der Waals surface area contributed by atoms with E-state index in [0.717, 1.165) is 12.0 Å². The molecule has 1 aromatic rings. The quantitative estimate of drug-likeness (QED) is 0.865. The Hall–Kier alpha value is -1.88. The molecule has 2 rings (SSSR count). The van der Waals surface area contributed by atoms with Crippen LogP contribution in [-0.2, 0) is 14.3 Å². The molecule has 0 bridgehead atoms. The van der Waals surface area contributed by atoms with Crippen molar-refractivity contribution in [1.82, 2.24) is 0 Å². The predicted octanol–water partition coefficient (Wildman–Crippen LogP) is 0.869. The number of carbonyl (C=O) groups is 2. The maximum absolute atomic E-state index is 12.2. The van der Waals surface area contributed by atoms with Gasteiger partial charge < -0.3 is 20.0 Å². The van der Waals surface area contributed by atoms with Crippen molar-refractivity contribution in [2.24, 2.45) is 5.92 Å². The number of carbonyl (C=O) groups excluding carboxylic acids is 2. The van der Waals surface area contributed by atoms with Crippen LogP contribution in [0, 0.1) is 12.8 Å². The number of carboxylic acids is 1. The standard InChI is InChI=1S/C15H19NO4/c1-10-4-6-11(7-5-10)16-15(19)12(9-14(17)18)13-3-2-8-20-13/h4-7,12-13H,2-3,8-9H2,1H3,(H,16,19)(H,17,18)/p-1/t12-,13-/m0/s1. The highest BCUT2D eigenvalue weighted by Crippen LogP contribution is 2.24. The number of amides is 1. The van der Waals surface area contributed by atoms with Crippen LogP contribution in [0.1, 0.15) is 24.8 Å². The maximum atomic E-state index is 12.2. The molecule has 1 saturated heterocycles. The minimum Gasteiger partial charge on any atom is -0.550 e. The number of hydrogen-bond acceptors (Lipinski definition) is 4. The number of anilines is 1. The molecular formula is C15H18NO4-. The van der Waals surface area contributed by atoms with Crippen molar-refractivity contribution in [2.45, 2.75) is 32.3 Å². The fourth-order valence-electron chi connectivity index (χ4n) is 2.36. The van der Waals surface area contributed by atoms with Crippen molar-refractivity contribution in [3.8, 4) is 0 Å². The Morgan fingerprint density at radius 2 is 2.10 bits per heavy atom. The van der Waals surface area contributed by atoms with Gasteiger partial charge >= 0.3 is 0 Å². The minimum absolute atomic E-state index is 0.317. The zero-order valence-electron chi connectivity index (χ0n) is 11.4. The molecule has 1 aromatic carbocycles. The van der Waals surface area contributed by atoms with Crippen LogP contribution in [-0.4, -0.2) is 24.6 Å². The number of hydrogen-bond donors (Lipinski definition) is 1. The number of nitrogens with one attached hydrogen (secondary N) is 1. The van der Waals surface area contributed by atoms with Gasteiger partial charge in [0.1, 0.15) is 0 Å². The van der Waals surface area contributed by atoms with Gasteiger partial charge in [-0.15, -0.1) is 0 Å². The minimum atomic E-state index is -1.23. The van der Waals surface area contributed by atoms with E-state index in [4.69, 9.17) is 4.74 Å². The smallest absolute Gasteiger partial charge is 0.230 e. The van der Waals surface area contributed by atoms with E-state index in [2.05, 4.69) is 5.32 Å². The van der Waals surface area contributed by atoms with Crippen LogP contribution in [0.4, 0.5) is 5.69 Å². The Morgan fingerprint density at radius 3 is 2.65 bits per heavy atom. The SMILES string of the molecule is Cc1ccc(NC(=O)[C@@H](CC(=O)[O-])[C@@H]2CCCO2)cc1. The third kappa shape index (κ3) is 3.81. The fourth-order valence-corrected chi connectivity index (χ4v) is 2.36. The van der Waals surface area contributed by atoms with Gasteiger partial charge in [0.2, 0.25) is 5.91 Å². The summed E-state index contributed by atoms with van der Waals surface area (Å²) in [5, 5.41) is 13.6. The largest absolute Gasteiger partial charge is 0.550 e. The second kappa shape index (κ2) is 6.52. The summed E-state index contributed by atoms with van der Waals surface area (Å²) in [5.74, 6) is -2.27. The first-order chi connectivity index (χ1) is 9.56. The average Bonchev–Trinajstić information content (AvgIpc) is 2.92. The van der Waals surface area contributed by atoms with E-state index >= 15 is 0 Å². The first-order valence-electron chi connectivity index (χ1n) is 6.75. The molecule has 5 nitrogen and oxygen atoms in total. The van der Waals surface area contributed by atoms with Crippen LogP contribution in [0.15, 0.2) is 24.3 Å². The van der Waals surface area contributed by atoms with Crippen LogP contribution < -0.4 is 10.4 Å². The van der Waals surface area contributed by atoms with Gasteiger partial charge in [0.25, 0.3) is 0 Å². The third-order valence-electron chi connectivity index (χ3n) is 3.46. The maximum Gasteiger partial charge on any atom is 0.230 e.